The third kappa shape index (κ3) is 3.97. The normalized spacial score (nSPS) is 19.2. The van der Waals surface area contributed by atoms with Crippen molar-refractivity contribution >= 4 is 11.6 Å². The van der Waals surface area contributed by atoms with Gasteiger partial charge in [-0.15, -0.1) is 0 Å². The van der Waals surface area contributed by atoms with E-state index >= 15 is 0 Å². The zero-order chi connectivity index (χ0) is 12.1. The molecule has 1 fully saturated rings. The molecule has 17 heavy (non-hydrogen) atoms. The maximum atomic E-state index is 10.1. The largest absolute Gasteiger partial charge is 0.393 e. The molecule has 2 rings (SSSR count). The number of hydrogen-bond acceptors (Lipinski definition) is 2. The van der Waals surface area contributed by atoms with Crippen molar-refractivity contribution in [1.82, 2.24) is 4.98 Å². The molecule has 0 spiro atoms. The van der Waals surface area contributed by atoms with Crippen molar-refractivity contribution in [3.05, 3.63) is 29.0 Å². The van der Waals surface area contributed by atoms with E-state index in [1.54, 1.807) is 12.4 Å². The fraction of sp³-hybridized carbons (Fsp3) is 0.643. The summed E-state index contributed by atoms with van der Waals surface area (Å²) in [5.41, 5.74) is 1.00. The molecule has 3 heteroatoms. The van der Waals surface area contributed by atoms with Crippen LogP contribution in [0.4, 0.5) is 0 Å². The summed E-state index contributed by atoms with van der Waals surface area (Å²) in [7, 11) is 0. The molecule has 0 aliphatic heterocycles. The van der Waals surface area contributed by atoms with Crippen molar-refractivity contribution < 1.29 is 5.11 Å². The molecule has 0 saturated heterocycles. The Bertz CT molecular complexity index is 350. The van der Waals surface area contributed by atoms with Gasteiger partial charge in [0.2, 0.25) is 0 Å². The summed E-state index contributed by atoms with van der Waals surface area (Å²) in [5.74, 6) is 0.708. The summed E-state index contributed by atoms with van der Waals surface area (Å²) >= 11 is 6.04. The summed E-state index contributed by atoms with van der Waals surface area (Å²) in [6, 6.07) is 1.90. The Balaban J connectivity index is 1.84. The van der Waals surface area contributed by atoms with E-state index in [1.807, 2.05) is 6.07 Å². The topological polar surface area (TPSA) is 33.1 Å². The average Bonchev–Trinajstić information content (AvgIpc) is 2.33. The molecule has 94 valence electrons. The third-order valence-electron chi connectivity index (χ3n) is 3.64. The average molecular weight is 254 g/mol. The Kier molecular flexibility index (Phi) is 4.81. The standard InChI is InChI=1S/C14H20ClNO/c15-14-10-16-7-6-12(14)9-13(17)8-11-4-2-1-3-5-11/h6-7,10-11,13,17H,1-5,8-9H2. The van der Waals surface area contributed by atoms with Gasteiger partial charge in [-0.2, -0.15) is 0 Å². The van der Waals surface area contributed by atoms with Crippen molar-refractivity contribution in [1.29, 1.82) is 0 Å². The van der Waals surface area contributed by atoms with Crippen LogP contribution in [0.1, 0.15) is 44.1 Å². The van der Waals surface area contributed by atoms with Crippen LogP contribution in [0.5, 0.6) is 0 Å². The maximum Gasteiger partial charge on any atom is 0.0622 e. The van der Waals surface area contributed by atoms with Gasteiger partial charge in [-0.3, -0.25) is 4.98 Å². The maximum absolute atomic E-state index is 10.1. The number of rotatable bonds is 4. The first-order valence-corrected chi connectivity index (χ1v) is 6.90. The van der Waals surface area contributed by atoms with Crippen molar-refractivity contribution in [3.8, 4) is 0 Å². The van der Waals surface area contributed by atoms with Crippen LogP contribution in [-0.4, -0.2) is 16.2 Å². The molecule has 0 amide bonds. The van der Waals surface area contributed by atoms with E-state index in [0.717, 1.165) is 12.0 Å². The number of nitrogens with zero attached hydrogens (tertiary/aromatic N) is 1. The minimum Gasteiger partial charge on any atom is -0.393 e. The van der Waals surface area contributed by atoms with E-state index < -0.39 is 0 Å². The number of halogens is 1. The summed E-state index contributed by atoms with van der Waals surface area (Å²) in [6.07, 6.45) is 11.2. The fourth-order valence-corrected chi connectivity index (χ4v) is 2.91. The highest BCUT2D eigenvalue weighted by atomic mass is 35.5. The number of aromatic nitrogens is 1. The van der Waals surface area contributed by atoms with E-state index in [0.29, 0.717) is 17.4 Å². The lowest BCUT2D eigenvalue weighted by molar-refractivity contribution is 0.130. The molecule has 1 heterocycles. The van der Waals surface area contributed by atoms with Gasteiger partial charge in [-0.25, -0.2) is 0 Å². The van der Waals surface area contributed by atoms with Crippen LogP contribution < -0.4 is 0 Å². The van der Waals surface area contributed by atoms with E-state index in [2.05, 4.69) is 4.98 Å². The van der Waals surface area contributed by atoms with Crippen molar-refractivity contribution in [3.63, 3.8) is 0 Å². The summed E-state index contributed by atoms with van der Waals surface area (Å²) in [6.45, 7) is 0. The third-order valence-corrected chi connectivity index (χ3v) is 3.98. The molecule has 1 aromatic rings. The molecule has 0 bridgehead atoms. The van der Waals surface area contributed by atoms with Gasteiger partial charge in [-0.05, 0) is 30.4 Å². The monoisotopic (exact) mass is 253 g/mol. The van der Waals surface area contributed by atoms with E-state index in [9.17, 15) is 5.11 Å². The van der Waals surface area contributed by atoms with Crippen molar-refractivity contribution in [2.45, 2.75) is 51.0 Å². The first-order valence-electron chi connectivity index (χ1n) is 6.52. The molecule has 1 aliphatic carbocycles. The molecule has 1 unspecified atom stereocenters. The summed E-state index contributed by atoms with van der Waals surface area (Å²) in [5, 5.41) is 10.8. The van der Waals surface area contributed by atoms with Gasteiger partial charge in [0.05, 0.1) is 11.1 Å². The number of aliphatic hydroxyl groups excluding tert-OH is 1. The highest BCUT2D eigenvalue weighted by Crippen LogP contribution is 2.28. The predicted octanol–water partition coefficient (Wildman–Crippen LogP) is 3.61. The van der Waals surface area contributed by atoms with Gasteiger partial charge in [-0.1, -0.05) is 43.7 Å². The molecule has 1 saturated carbocycles. The van der Waals surface area contributed by atoms with Gasteiger partial charge in [0.1, 0.15) is 0 Å². The van der Waals surface area contributed by atoms with Gasteiger partial charge < -0.3 is 5.11 Å². The highest BCUT2D eigenvalue weighted by molar-refractivity contribution is 6.31. The first-order chi connectivity index (χ1) is 8.25. The molecule has 1 aliphatic rings. The van der Waals surface area contributed by atoms with Crippen molar-refractivity contribution in [2.24, 2.45) is 5.92 Å². The van der Waals surface area contributed by atoms with Gasteiger partial charge >= 0.3 is 0 Å². The molecule has 1 aromatic heterocycles. The van der Waals surface area contributed by atoms with Crippen molar-refractivity contribution in [2.75, 3.05) is 0 Å². The zero-order valence-electron chi connectivity index (χ0n) is 10.1. The van der Waals surface area contributed by atoms with E-state index in [1.165, 1.54) is 32.1 Å². The lowest BCUT2D eigenvalue weighted by atomic mass is 9.84. The van der Waals surface area contributed by atoms with Crippen LogP contribution in [0.3, 0.4) is 0 Å². The summed E-state index contributed by atoms with van der Waals surface area (Å²) < 4.78 is 0. The smallest absolute Gasteiger partial charge is 0.0622 e. The Morgan fingerprint density at radius 2 is 2.12 bits per heavy atom. The zero-order valence-corrected chi connectivity index (χ0v) is 10.9. The Labute approximate surface area is 108 Å². The molecular weight excluding hydrogens is 234 g/mol. The molecule has 2 nitrogen and oxygen atoms in total. The lowest BCUT2D eigenvalue weighted by Gasteiger charge is -2.24. The Morgan fingerprint density at radius 3 is 2.82 bits per heavy atom. The number of pyridine rings is 1. The highest BCUT2D eigenvalue weighted by Gasteiger charge is 2.18. The molecule has 0 radical (unpaired) electrons. The van der Waals surface area contributed by atoms with Crippen LogP contribution in [0, 0.1) is 5.92 Å². The summed E-state index contributed by atoms with van der Waals surface area (Å²) in [4.78, 5) is 3.95. The van der Waals surface area contributed by atoms with E-state index in [-0.39, 0.29) is 6.10 Å². The second kappa shape index (κ2) is 6.36. The van der Waals surface area contributed by atoms with Gasteiger partial charge in [0.25, 0.3) is 0 Å². The predicted molar refractivity (Wildman–Crippen MR) is 70.1 cm³/mol. The van der Waals surface area contributed by atoms with Gasteiger partial charge in [0.15, 0.2) is 0 Å². The lowest BCUT2D eigenvalue weighted by Crippen LogP contribution is -2.18. The minimum atomic E-state index is -0.266. The number of hydrogen-bond donors (Lipinski definition) is 1. The van der Waals surface area contributed by atoms with Crippen LogP contribution in [-0.2, 0) is 6.42 Å². The second-order valence-corrected chi connectivity index (χ2v) is 5.47. The Hall–Kier alpha value is -0.600. The van der Waals surface area contributed by atoms with Crippen LogP contribution in [0.2, 0.25) is 5.02 Å². The molecule has 1 N–H and O–H groups in total. The minimum absolute atomic E-state index is 0.266. The molecule has 1 atom stereocenters. The fourth-order valence-electron chi connectivity index (χ4n) is 2.71. The van der Waals surface area contributed by atoms with E-state index in [4.69, 9.17) is 11.6 Å². The Morgan fingerprint density at radius 1 is 1.35 bits per heavy atom. The van der Waals surface area contributed by atoms with Crippen LogP contribution in [0.15, 0.2) is 18.5 Å². The number of aliphatic hydroxyl groups is 1. The quantitative estimate of drug-likeness (QED) is 0.889. The second-order valence-electron chi connectivity index (χ2n) is 5.06. The van der Waals surface area contributed by atoms with Crippen LogP contribution in [0.25, 0.3) is 0 Å². The van der Waals surface area contributed by atoms with Gasteiger partial charge in [0, 0.05) is 12.4 Å². The SMILES string of the molecule is OC(Cc1ccncc1Cl)CC1CCCCC1. The first kappa shape index (κ1) is 12.8. The van der Waals surface area contributed by atoms with Crippen LogP contribution >= 0.6 is 11.6 Å². The molecule has 0 aromatic carbocycles. The molecular formula is C14H20ClNO.